The lowest BCUT2D eigenvalue weighted by Crippen LogP contribution is -2.68. The second-order valence-corrected chi connectivity index (χ2v) is 9.18. The van der Waals surface area contributed by atoms with Crippen LogP contribution in [0.4, 0.5) is 13.2 Å². The van der Waals surface area contributed by atoms with E-state index in [2.05, 4.69) is 20.8 Å². The van der Waals surface area contributed by atoms with Crippen molar-refractivity contribution < 1.29 is 32.4 Å². The lowest BCUT2D eigenvalue weighted by molar-refractivity contribution is -0.788. The maximum atomic E-state index is 13.9. The Morgan fingerprint density at radius 3 is 2.70 bits per heavy atom. The number of halogens is 4. The average Bonchev–Trinajstić information content (AvgIpc) is 2.73. The van der Waals surface area contributed by atoms with Crippen molar-refractivity contribution in [3.63, 3.8) is 0 Å². The molecule has 1 saturated heterocycles. The van der Waals surface area contributed by atoms with Crippen LogP contribution in [0.3, 0.4) is 0 Å². The first kappa shape index (κ1) is 20.4. The number of morpholine rings is 1. The standard InChI is InChI=1S/C20H22BrF3N2O4/c21-12-4-5-15-13(11-12)16-14-3-1-2-6-19(14,25-7-9-28-10-8-25)30-26(27)17(16)18(29-15)20(22,23)24/h4-5,11,14,16,18H,1-3,6-10H2/t14-,16+,18-,19-/m0/s1. The van der Waals surface area contributed by atoms with E-state index < -0.39 is 29.6 Å². The summed E-state index contributed by atoms with van der Waals surface area (Å²) in [6, 6.07) is 4.96. The molecule has 0 unspecified atom stereocenters. The minimum absolute atomic E-state index is 0.115. The highest BCUT2D eigenvalue weighted by atomic mass is 79.9. The monoisotopic (exact) mass is 490 g/mol. The van der Waals surface area contributed by atoms with Gasteiger partial charge in [-0.2, -0.15) is 13.2 Å². The predicted molar refractivity (Wildman–Crippen MR) is 104 cm³/mol. The Kier molecular flexibility index (Phi) is 4.94. The van der Waals surface area contributed by atoms with Crippen molar-refractivity contribution in [3.8, 4) is 5.75 Å². The van der Waals surface area contributed by atoms with Gasteiger partial charge in [-0.25, -0.2) is 0 Å². The molecule has 10 heteroatoms. The van der Waals surface area contributed by atoms with E-state index in [9.17, 15) is 18.4 Å². The molecular weight excluding hydrogens is 469 g/mol. The maximum absolute atomic E-state index is 13.9. The average molecular weight is 491 g/mol. The lowest BCUT2D eigenvalue weighted by Gasteiger charge is -2.57. The van der Waals surface area contributed by atoms with E-state index in [1.54, 1.807) is 18.2 Å². The molecule has 3 aliphatic heterocycles. The molecule has 164 valence electrons. The maximum Gasteiger partial charge on any atom is 0.435 e. The van der Waals surface area contributed by atoms with Crippen LogP contribution in [0.5, 0.6) is 5.75 Å². The Hall–Kier alpha value is -1.52. The Balaban J connectivity index is 1.70. The van der Waals surface area contributed by atoms with Crippen molar-refractivity contribution in [2.75, 3.05) is 26.3 Å². The van der Waals surface area contributed by atoms with Gasteiger partial charge in [-0.3, -0.25) is 10.1 Å². The third kappa shape index (κ3) is 3.10. The van der Waals surface area contributed by atoms with Gasteiger partial charge in [0.1, 0.15) is 11.5 Å². The van der Waals surface area contributed by atoms with Gasteiger partial charge in [-0.1, -0.05) is 28.8 Å². The molecule has 0 spiro atoms. The van der Waals surface area contributed by atoms with Crippen molar-refractivity contribution in [2.24, 2.45) is 5.92 Å². The van der Waals surface area contributed by atoms with Gasteiger partial charge in [0, 0.05) is 33.9 Å². The summed E-state index contributed by atoms with van der Waals surface area (Å²) in [5.74, 6) is -0.843. The third-order valence-electron chi connectivity index (χ3n) is 6.72. The number of rotatable bonds is 1. The van der Waals surface area contributed by atoms with Crippen molar-refractivity contribution >= 4 is 21.6 Å². The highest BCUT2D eigenvalue weighted by Gasteiger charge is 2.64. The molecule has 0 aromatic heterocycles. The van der Waals surface area contributed by atoms with Crippen LogP contribution < -0.4 is 4.74 Å². The normalized spacial score (nSPS) is 34.3. The fourth-order valence-electron chi connectivity index (χ4n) is 5.53. The van der Waals surface area contributed by atoms with E-state index in [0.29, 0.717) is 44.7 Å². The van der Waals surface area contributed by atoms with Gasteiger partial charge in [0.2, 0.25) is 0 Å². The van der Waals surface area contributed by atoms with Crippen LogP contribution in [0.2, 0.25) is 0 Å². The van der Waals surface area contributed by atoms with Crippen LogP contribution in [-0.4, -0.2) is 59.8 Å². The minimum Gasteiger partial charge on any atom is -0.469 e. The van der Waals surface area contributed by atoms with Crippen LogP contribution in [-0.2, 0) is 9.57 Å². The summed E-state index contributed by atoms with van der Waals surface area (Å²) in [4.78, 5) is 8.09. The van der Waals surface area contributed by atoms with Crippen LogP contribution in [0.25, 0.3) is 0 Å². The number of alkyl halides is 3. The molecule has 6 nitrogen and oxygen atoms in total. The smallest absolute Gasteiger partial charge is 0.435 e. The number of fused-ring (bicyclic) bond motifs is 5. The zero-order chi connectivity index (χ0) is 21.1. The van der Waals surface area contributed by atoms with Crippen LogP contribution >= 0.6 is 15.9 Å². The summed E-state index contributed by atoms with van der Waals surface area (Å²) >= 11 is 3.42. The lowest BCUT2D eigenvalue weighted by atomic mass is 9.66. The van der Waals surface area contributed by atoms with E-state index in [1.807, 2.05) is 0 Å². The first-order valence-corrected chi connectivity index (χ1v) is 11.0. The molecule has 30 heavy (non-hydrogen) atoms. The number of hydrogen-bond acceptors (Lipinski definition) is 5. The van der Waals surface area contributed by atoms with Crippen LogP contribution in [0, 0.1) is 11.1 Å². The van der Waals surface area contributed by atoms with Crippen molar-refractivity contribution in [1.82, 2.24) is 4.90 Å². The molecule has 4 atom stereocenters. The molecule has 5 rings (SSSR count). The summed E-state index contributed by atoms with van der Waals surface area (Å²) in [6.45, 7) is 2.18. The highest BCUT2D eigenvalue weighted by molar-refractivity contribution is 9.10. The van der Waals surface area contributed by atoms with E-state index in [4.69, 9.17) is 14.3 Å². The fourth-order valence-corrected chi connectivity index (χ4v) is 5.91. The highest BCUT2D eigenvalue weighted by Crippen LogP contribution is 2.54. The molecule has 0 amide bonds. The molecule has 2 fully saturated rings. The molecular formula is C20H22BrF3N2O4. The number of ether oxygens (including phenoxy) is 2. The predicted octanol–water partition coefficient (Wildman–Crippen LogP) is 3.97. The molecule has 1 aromatic rings. The van der Waals surface area contributed by atoms with Gasteiger partial charge in [-0.05, 0) is 31.0 Å². The Morgan fingerprint density at radius 1 is 1.20 bits per heavy atom. The Morgan fingerprint density at radius 2 is 1.97 bits per heavy atom. The third-order valence-corrected chi connectivity index (χ3v) is 7.21. The summed E-state index contributed by atoms with van der Waals surface area (Å²) in [5.41, 5.74) is -0.733. The van der Waals surface area contributed by atoms with Gasteiger partial charge in [0.15, 0.2) is 0 Å². The molecule has 3 heterocycles. The number of hydrogen-bond donors (Lipinski definition) is 0. The van der Waals surface area contributed by atoms with E-state index in [0.717, 1.165) is 17.3 Å². The van der Waals surface area contributed by atoms with Crippen molar-refractivity contribution in [2.45, 2.75) is 49.6 Å². The fraction of sp³-hybridized carbons (Fsp3) is 0.650. The molecule has 0 radical (unpaired) electrons. The zero-order valence-corrected chi connectivity index (χ0v) is 17.7. The van der Waals surface area contributed by atoms with Gasteiger partial charge in [0.25, 0.3) is 11.8 Å². The summed E-state index contributed by atoms with van der Waals surface area (Å²) < 4.78 is 53.3. The molecule has 1 aromatic carbocycles. The second-order valence-electron chi connectivity index (χ2n) is 8.27. The SMILES string of the molecule is [O-][N+]1=C2[C@H](c3cc(Br)ccc3O[C@@H]2C(F)(F)F)[C@@H]2CCCC[C@]2(N2CCOCC2)O1. The first-order valence-electron chi connectivity index (χ1n) is 10.2. The van der Waals surface area contributed by atoms with Gasteiger partial charge >= 0.3 is 6.18 Å². The molecule has 1 aliphatic carbocycles. The largest absolute Gasteiger partial charge is 0.469 e. The zero-order valence-electron chi connectivity index (χ0n) is 16.2. The summed E-state index contributed by atoms with van der Waals surface area (Å²) in [6.07, 6.45) is -4.04. The topological polar surface area (TPSA) is 57.0 Å². The van der Waals surface area contributed by atoms with E-state index in [-0.39, 0.29) is 16.6 Å². The summed E-state index contributed by atoms with van der Waals surface area (Å²) in [5, 5.41) is 13.1. The first-order chi connectivity index (χ1) is 14.3. The Bertz CT molecular complexity index is 874. The second kappa shape index (κ2) is 7.27. The van der Waals surface area contributed by atoms with Crippen LogP contribution in [0.1, 0.15) is 37.2 Å². The molecule has 4 aliphatic rings. The molecule has 1 saturated carbocycles. The van der Waals surface area contributed by atoms with Crippen molar-refractivity contribution in [1.29, 1.82) is 0 Å². The van der Waals surface area contributed by atoms with Gasteiger partial charge in [-0.15, -0.1) is 0 Å². The Labute approximate surface area is 180 Å². The van der Waals surface area contributed by atoms with Gasteiger partial charge in [0.05, 0.1) is 19.1 Å². The quantitative estimate of drug-likeness (QED) is 0.557. The van der Waals surface area contributed by atoms with Gasteiger partial charge < -0.3 is 14.3 Å². The van der Waals surface area contributed by atoms with E-state index in [1.165, 1.54) is 0 Å². The minimum atomic E-state index is -4.72. The van der Waals surface area contributed by atoms with E-state index >= 15 is 0 Å². The van der Waals surface area contributed by atoms with Crippen molar-refractivity contribution in [3.05, 3.63) is 33.4 Å². The number of benzene rings is 1. The number of nitrogens with zero attached hydrogens (tertiary/aromatic N) is 2. The molecule has 0 N–H and O–H groups in total. The molecule has 0 bridgehead atoms. The summed E-state index contributed by atoms with van der Waals surface area (Å²) in [7, 11) is 0. The van der Waals surface area contributed by atoms with Crippen LogP contribution in [0.15, 0.2) is 22.7 Å².